The van der Waals surface area contributed by atoms with Gasteiger partial charge in [0.05, 0.1) is 5.69 Å². The van der Waals surface area contributed by atoms with Crippen LogP contribution in [0.1, 0.15) is 22.3 Å². The molecule has 0 aliphatic heterocycles. The molecule has 25 heavy (non-hydrogen) atoms. The summed E-state index contributed by atoms with van der Waals surface area (Å²) >= 11 is 0. The first kappa shape index (κ1) is 15.5. The lowest BCUT2D eigenvalue weighted by molar-refractivity contribution is 1.18. The van der Waals surface area contributed by atoms with Gasteiger partial charge in [-0.05, 0) is 53.4 Å². The molecule has 1 aliphatic carbocycles. The molecule has 0 bridgehead atoms. The van der Waals surface area contributed by atoms with E-state index in [-0.39, 0.29) is 0 Å². The standard InChI is InChI=1S/C22H21N3/c1-14-6-4-9-20(15(14)2)25(3)22(23)24-19-13-11-17-8-5-7-16-10-12-18(19)21(16)17/h4-13H,1-3H3,(H2,23,24). The Morgan fingerprint density at radius 3 is 2.60 bits per heavy atom. The zero-order chi connectivity index (χ0) is 17.6. The monoisotopic (exact) mass is 327 g/mol. The maximum absolute atomic E-state index is 6.34. The van der Waals surface area contributed by atoms with Gasteiger partial charge in [0, 0.05) is 18.3 Å². The number of nitrogens with two attached hydrogens (primary N) is 1. The molecular formula is C22H21N3. The minimum Gasteiger partial charge on any atom is -0.369 e. The minimum atomic E-state index is 0.488. The highest BCUT2D eigenvalue weighted by molar-refractivity contribution is 6.09. The van der Waals surface area contributed by atoms with Crippen LogP contribution in [-0.4, -0.2) is 13.0 Å². The smallest absolute Gasteiger partial charge is 0.200 e. The molecule has 2 N–H and O–H groups in total. The van der Waals surface area contributed by atoms with E-state index in [1.165, 1.54) is 27.5 Å². The van der Waals surface area contributed by atoms with E-state index in [1.54, 1.807) is 0 Å². The van der Waals surface area contributed by atoms with Crippen LogP contribution in [0.15, 0.2) is 53.5 Å². The van der Waals surface area contributed by atoms with Crippen LogP contribution in [0.25, 0.3) is 22.9 Å². The Kier molecular flexibility index (Phi) is 3.57. The summed E-state index contributed by atoms with van der Waals surface area (Å²) in [6, 6.07) is 16.7. The van der Waals surface area contributed by atoms with Gasteiger partial charge in [0.25, 0.3) is 0 Å². The van der Waals surface area contributed by atoms with Crippen molar-refractivity contribution in [3.05, 3.63) is 70.8 Å². The molecule has 0 atom stereocenters. The maximum Gasteiger partial charge on any atom is 0.200 e. The highest BCUT2D eigenvalue weighted by Gasteiger charge is 2.14. The van der Waals surface area contributed by atoms with Crippen LogP contribution in [0, 0.1) is 13.8 Å². The molecule has 3 aromatic carbocycles. The van der Waals surface area contributed by atoms with Crippen LogP contribution in [0.4, 0.5) is 11.4 Å². The van der Waals surface area contributed by atoms with Crippen molar-refractivity contribution in [1.29, 1.82) is 0 Å². The van der Waals surface area contributed by atoms with E-state index in [4.69, 9.17) is 10.7 Å². The number of anilines is 1. The first-order valence-corrected chi connectivity index (χ1v) is 8.44. The summed E-state index contributed by atoms with van der Waals surface area (Å²) in [6.45, 7) is 4.22. The van der Waals surface area contributed by atoms with Crippen LogP contribution in [0.3, 0.4) is 0 Å². The maximum atomic E-state index is 6.34. The van der Waals surface area contributed by atoms with Gasteiger partial charge in [-0.2, -0.15) is 0 Å². The third-order valence-corrected chi connectivity index (χ3v) is 5.04. The van der Waals surface area contributed by atoms with Crippen molar-refractivity contribution in [3.8, 4) is 0 Å². The van der Waals surface area contributed by atoms with Gasteiger partial charge in [-0.1, -0.05) is 48.6 Å². The Morgan fingerprint density at radius 2 is 1.76 bits per heavy atom. The Hall–Kier alpha value is -3.07. The van der Waals surface area contributed by atoms with Crippen LogP contribution < -0.4 is 10.6 Å². The lowest BCUT2D eigenvalue weighted by Crippen LogP contribution is -2.34. The fraction of sp³-hybridized carbons (Fsp3) is 0.136. The molecule has 0 amide bonds. The van der Waals surface area contributed by atoms with Crippen LogP contribution in [0.5, 0.6) is 0 Å². The average molecular weight is 327 g/mol. The van der Waals surface area contributed by atoms with Gasteiger partial charge < -0.3 is 10.6 Å². The normalized spacial score (nSPS) is 12.8. The van der Waals surface area contributed by atoms with Crippen LogP contribution in [-0.2, 0) is 0 Å². The van der Waals surface area contributed by atoms with Gasteiger partial charge in [0.1, 0.15) is 0 Å². The highest BCUT2D eigenvalue weighted by atomic mass is 15.2. The molecule has 4 rings (SSSR count). The van der Waals surface area contributed by atoms with Gasteiger partial charge in [-0.15, -0.1) is 0 Å². The predicted molar refractivity (Wildman–Crippen MR) is 108 cm³/mol. The first-order chi connectivity index (χ1) is 12.1. The van der Waals surface area contributed by atoms with Gasteiger partial charge in [0.2, 0.25) is 5.96 Å². The molecule has 1 aliphatic rings. The number of aliphatic imine (C=N–C) groups is 1. The molecular weight excluding hydrogens is 306 g/mol. The predicted octanol–water partition coefficient (Wildman–Crippen LogP) is 5.02. The lowest BCUT2D eigenvalue weighted by Gasteiger charge is -2.21. The number of guanidine groups is 1. The number of nitrogens with zero attached hydrogens (tertiary/aromatic N) is 2. The highest BCUT2D eigenvalue weighted by Crippen LogP contribution is 2.37. The van der Waals surface area contributed by atoms with E-state index in [1.807, 2.05) is 24.1 Å². The van der Waals surface area contributed by atoms with Crippen LogP contribution in [0.2, 0.25) is 0 Å². The largest absolute Gasteiger partial charge is 0.369 e. The second kappa shape index (κ2) is 5.78. The molecule has 0 saturated carbocycles. The van der Waals surface area contributed by atoms with Crippen molar-refractivity contribution in [2.45, 2.75) is 13.8 Å². The van der Waals surface area contributed by atoms with Gasteiger partial charge in [-0.3, -0.25) is 0 Å². The van der Waals surface area contributed by atoms with E-state index in [9.17, 15) is 0 Å². The summed E-state index contributed by atoms with van der Waals surface area (Å²) in [4.78, 5) is 6.68. The fourth-order valence-electron chi connectivity index (χ4n) is 3.42. The molecule has 3 heteroatoms. The van der Waals surface area contributed by atoms with Crippen molar-refractivity contribution < 1.29 is 0 Å². The van der Waals surface area contributed by atoms with Crippen molar-refractivity contribution in [1.82, 2.24) is 0 Å². The third kappa shape index (κ3) is 2.49. The molecule has 3 nitrogen and oxygen atoms in total. The number of aryl methyl sites for hydroxylation is 1. The number of benzene rings is 3. The molecule has 0 heterocycles. The van der Waals surface area contributed by atoms with Crippen molar-refractivity contribution in [2.24, 2.45) is 10.7 Å². The number of hydrogen-bond donors (Lipinski definition) is 1. The van der Waals surface area contributed by atoms with Crippen molar-refractivity contribution in [2.75, 3.05) is 11.9 Å². The van der Waals surface area contributed by atoms with E-state index in [0.717, 1.165) is 16.9 Å². The van der Waals surface area contributed by atoms with E-state index >= 15 is 0 Å². The van der Waals surface area contributed by atoms with Gasteiger partial charge in [0.15, 0.2) is 0 Å². The zero-order valence-electron chi connectivity index (χ0n) is 14.7. The summed E-state index contributed by atoms with van der Waals surface area (Å²) < 4.78 is 0. The first-order valence-electron chi connectivity index (χ1n) is 8.44. The summed E-state index contributed by atoms with van der Waals surface area (Å²) in [6.07, 6.45) is 4.27. The molecule has 124 valence electrons. The Balaban J connectivity index is 1.78. The van der Waals surface area contributed by atoms with Crippen molar-refractivity contribution >= 4 is 40.3 Å². The Morgan fingerprint density at radius 1 is 0.960 bits per heavy atom. The summed E-state index contributed by atoms with van der Waals surface area (Å²) in [7, 11) is 1.96. The molecule has 0 saturated heterocycles. The quantitative estimate of drug-likeness (QED) is 0.415. The summed E-state index contributed by atoms with van der Waals surface area (Å²) in [5, 5.41) is 2.49. The minimum absolute atomic E-state index is 0.488. The van der Waals surface area contributed by atoms with E-state index in [2.05, 4.69) is 62.4 Å². The molecule has 0 fully saturated rings. The molecule has 0 spiro atoms. The van der Waals surface area contributed by atoms with Crippen LogP contribution >= 0.6 is 0 Å². The summed E-state index contributed by atoms with van der Waals surface area (Å²) in [5.74, 6) is 0.488. The van der Waals surface area contributed by atoms with Crippen molar-refractivity contribution in [3.63, 3.8) is 0 Å². The Bertz CT molecular complexity index is 1040. The molecule has 0 radical (unpaired) electrons. The second-order valence-corrected chi connectivity index (χ2v) is 6.53. The average Bonchev–Trinajstić information content (AvgIpc) is 3.05. The lowest BCUT2D eigenvalue weighted by atomic mass is 10.0. The molecule has 0 unspecified atom stereocenters. The number of rotatable bonds is 2. The molecule has 3 aromatic rings. The topological polar surface area (TPSA) is 41.6 Å². The Labute approximate surface area is 148 Å². The molecule has 0 aromatic heterocycles. The van der Waals surface area contributed by atoms with Gasteiger partial charge in [-0.25, -0.2) is 4.99 Å². The fourth-order valence-corrected chi connectivity index (χ4v) is 3.42. The van der Waals surface area contributed by atoms with Gasteiger partial charge >= 0.3 is 0 Å². The number of hydrogen-bond acceptors (Lipinski definition) is 1. The van der Waals surface area contributed by atoms with E-state index < -0.39 is 0 Å². The summed E-state index contributed by atoms with van der Waals surface area (Å²) in [5.41, 5.74) is 13.2. The second-order valence-electron chi connectivity index (χ2n) is 6.53. The third-order valence-electron chi connectivity index (χ3n) is 5.04. The SMILES string of the molecule is Cc1cccc(N(C)C(N)=Nc2ccc3cccc4c3c2C=C4)c1C. The zero-order valence-corrected chi connectivity index (χ0v) is 14.7. The van der Waals surface area contributed by atoms with E-state index in [0.29, 0.717) is 5.96 Å².